The summed E-state index contributed by atoms with van der Waals surface area (Å²) in [4.78, 5) is -1.34. The van der Waals surface area contributed by atoms with Crippen molar-refractivity contribution < 1.29 is 13.9 Å². The summed E-state index contributed by atoms with van der Waals surface area (Å²) in [7, 11) is 2.22. The summed E-state index contributed by atoms with van der Waals surface area (Å²) in [6, 6.07) is -2.39. The molecule has 0 unspecified atom stereocenters. The first-order chi connectivity index (χ1) is 4.06. The van der Waals surface area contributed by atoms with Gasteiger partial charge in [0.1, 0.15) is 0 Å². The van der Waals surface area contributed by atoms with Gasteiger partial charge in [0.15, 0.2) is 4.84 Å². The minimum absolute atomic E-state index is 1.11. The smallest absolute Gasteiger partial charge is 0.325 e. The summed E-state index contributed by atoms with van der Waals surface area (Å²) in [5, 5.41) is 0. The van der Waals surface area contributed by atoms with Gasteiger partial charge in [0.25, 0.3) is 0 Å². The van der Waals surface area contributed by atoms with Crippen LogP contribution in [0.5, 0.6) is 0 Å². The Morgan fingerprint density at radius 1 is 1.33 bits per heavy atom. The Bertz CT molecular complexity index is 84.6. The van der Waals surface area contributed by atoms with Gasteiger partial charge in [-0.3, -0.25) is 0 Å². The second-order valence-electron chi connectivity index (χ2n) is 1.29. The molecule has 0 aliphatic carbocycles. The number of rotatable bonds is 3. The molecule has 0 saturated heterocycles. The maximum absolute atomic E-state index is 12.7. The van der Waals surface area contributed by atoms with Crippen LogP contribution < -0.4 is 0 Å². The van der Waals surface area contributed by atoms with Gasteiger partial charge in [-0.1, -0.05) is 23.2 Å². The molecule has 0 saturated carbocycles. The Balaban J connectivity index is 3.92. The lowest BCUT2D eigenvalue weighted by molar-refractivity contribution is -0.282. The van der Waals surface area contributed by atoms with Crippen LogP contribution in [0.2, 0.25) is 0 Å². The van der Waals surface area contributed by atoms with Crippen LogP contribution in [0.1, 0.15) is 0 Å². The lowest BCUT2D eigenvalue weighted by Gasteiger charge is -2.21. The highest BCUT2D eigenvalue weighted by molar-refractivity contribution is 6.44. The lowest BCUT2D eigenvalue weighted by Crippen LogP contribution is -2.34. The van der Waals surface area contributed by atoms with Crippen LogP contribution >= 0.6 is 23.2 Å². The predicted molar refractivity (Wildman–Crippen MR) is 33.4 cm³/mol. The van der Waals surface area contributed by atoms with Crippen molar-refractivity contribution in [2.24, 2.45) is 0 Å². The Morgan fingerprint density at radius 3 is 1.67 bits per heavy atom. The van der Waals surface area contributed by atoms with Crippen molar-refractivity contribution in [3.63, 3.8) is 0 Å². The molecule has 0 aromatic heterocycles. The standard InChI is InChI=1S/C4H7Cl2FO2/c1-8-4(7,9-2)3(5)6/h3H,1-2H3. The maximum atomic E-state index is 12.7. The van der Waals surface area contributed by atoms with Crippen molar-refractivity contribution in [3.05, 3.63) is 0 Å². The highest BCUT2D eigenvalue weighted by atomic mass is 35.5. The van der Waals surface area contributed by atoms with Crippen molar-refractivity contribution in [1.82, 2.24) is 0 Å². The molecule has 5 heteroatoms. The van der Waals surface area contributed by atoms with Gasteiger partial charge in [0.2, 0.25) is 0 Å². The molecule has 0 aromatic carbocycles. The van der Waals surface area contributed by atoms with E-state index < -0.39 is 10.9 Å². The van der Waals surface area contributed by atoms with Gasteiger partial charge in [-0.2, -0.15) is 4.39 Å². The maximum Gasteiger partial charge on any atom is 0.350 e. The fourth-order valence-corrected chi connectivity index (χ4v) is 0.618. The third-order valence-corrected chi connectivity index (χ3v) is 1.34. The average molecular weight is 177 g/mol. The summed E-state index contributed by atoms with van der Waals surface area (Å²) >= 11 is 10.3. The van der Waals surface area contributed by atoms with E-state index in [-0.39, 0.29) is 0 Å². The van der Waals surface area contributed by atoms with Crippen LogP contribution in [-0.2, 0) is 9.47 Å². The molecule has 0 aliphatic heterocycles. The molecule has 0 fully saturated rings. The molecule has 2 nitrogen and oxygen atoms in total. The van der Waals surface area contributed by atoms with Crippen molar-refractivity contribution in [1.29, 1.82) is 0 Å². The zero-order valence-electron chi connectivity index (χ0n) is 5.03. The summed E-state index contributed by atoms with van der Waals surface area (Å²) in [5.74, 6) is 0. The number of alkyl halides is 3. The van der Waals surface area contributed by atoms with E-state index in [9.17, 15) is 4.39 Å². The highest BCUT2D eigenvalue weighted by Gasteiger charge is 2.37. The monoisotopic (exact) mass is 176 g/mol. The lowest BCUT2D eigenvalue weighted by atomic mass is 10.7. The molecule has 56 valence electrons. The van der Waals surface area contributed by atoms with E-state index in [0.717, 1.165) is 14.2 Å². The van der Waals surface area contributed by atoms with Crippen LogP contribution in [0.4, 0.5) is 4.39 Å². The molecule has 0 aromatic rings. The number of methoxy groups -OCH3 is 2. The summed E-state index contributed by atoms with van der Waals surface area (Å²) in [6.45, 7) is 0. The predicted octanol–water partition coefficient (Wildman–Crippen LogP) is 1.71. The van der Waals surface area contributed by atoms with E-state index in [1.807, 2.05) is 0 Å². The Hall–Kier alpha value is 0.430. The zero-order valence-corrected chi connectivity index (χ0v) is 6.54. The quantitative estimate of drug-likeness (QED) is 0.482. The number of hydrogen-bond donors (Lipinski definition) is 0. The van der Waals surface area contributed by atoms with E-state index in [1.165, 1.54) is 0 Å². The Labute approximate surface area is 62.8 Å². The van der Waals surface area contributed by atoms with E-state index >= 15 is 0 Å². The van der Waals surface area contributed by atoms with Crippen molar-refractivity contribution in [2.75, 3.05) is 14.2 Å². The van der Waals surface area contributed by atoms with Gasteiger partial charge in [0.05, 0.1) is 0 Å². The SMILES string of the molecule is COC(F)(OC)C(Cl)Cl. The molecule has 0 atom stereocenters. The largest absolute Gasteiger partial charge is 0.350 e. The third-order valence-electron chi connectivity index (χ3n) is 0.817. The molecule has 0 aliphatic rings. The molecular formula is C4H7Cl2FO2. The fourth-order valence-electron chi connectivity index (χ4n) is 0.262. The first kappa shape index (κ1) is 9.43. The average Bonchev–Trinajstić information content (AvgIpc) is 1.86. The molecule has 0 spiro atoms. The molecule has 0 amide bonds. The van der Waals surface area contributed by atoms with Crippen LogP contribution in [0.15, 0.2) is 0 Å². The second-order valence-corrected chi connectivity index (χ2v) is 2.39. The topological polar surface area (TPSA) is 18.5 Å². The molecule has 0 radical (unpaired) electrons. The van der Waals surface area contributed by atoms with Gasteiger partial charge in [-0.05, 0) is 0 Å². The normalized spacial score (nSPS) is 12.7. The van der Waals surface area contributed by atoms with Crippen LogP contribution in [0.25, 0.3) is 0 Å². The summed E-state index contributed by atoms with van der Waals surface area (Å²) < 4.78 is 21.1. The van der Waals surface area contributed by atoms with Crippen LogP contribution in [0.3, 0.4) is 0 Å². The molecule has 0 N–H and O–H groups in total. The Morgan fingerprint density at radius 2 is 1.67 bits per heavy atom. The fraction of sp³-hybridized carbons (Fsp3) is 1.00. The van der Waals surface area contributed by atoms with E-state index in [4.69, 9.17) is 23.2 Å². The second kappa shape index (κ2) is 3.56. The summed E-state index contributed by atoms with van der Waals surface area (Å²) in [5.41, 5.74) is 0. The van der Waals surface area contributed by atoms with Gasteiger partial charge in [-0.15, -0.1) is 0 Å². The Kier molecular flexibility index (Phi) is 3.73. The molecule has 0 rings (SSSR count). The molecule has 9 heavy (non-hydrogen) atoms. The first-order valence-electron chi connectivity index (χ1n) is 2.14. The van der Waals surface area contributed by atoms with Gasteiger partial charge >= 0.3 is 6.04 Å². The highest BCUT2D eigenvalue weighted by Crippen LogP contribution is 2.25. The summed E-state index contributed by atoms with van der Waals surface area (Å²) in [6.07, 6.45) is 0. The van der Waals surface area contributed by atoms with Crippen LogP contribution in [-0.4, -0.2) is 25.1 Å². The molecule has 0 heterocycles. The zero-order chi connectivity index (χ0) is 7.49. The van der Waals surface area contributed by atoms with Gasteiger partial charge in [0, 0.05) is 14.2 Å². The number of ether oxygens (including phenoxy) is 2. The van der Waals surface area contributed by atoms with Gasteiger partial charge in [-0.25, -0.2) is 0 Å². The van der Waals surface area contributed by atoms with E-state index in [2.05, 4.69) is 9.47 Å². The minimum atomic E-state index is -2.39. The van der Waals surface area contributed by atoms with Gasteiger partial charge < -0.3 is 9.47 Å². The first-order valence-corrected chi connectivity index (χ1v) is 3.01. The number of hydrogen-bond acceptors (Lipinski definition) is 2. The van der Waals surface area contributed by atoms with Crippen LogP contribution in [0, 0.1) is 0 Å². The van der Waals surface area contributed by atoms with Crippen molar-refractivity contribution >= 4 is 23.2 Å². The van der Waals surface area contributed by atoms with E-state index in [1.54, 1.807) is 0 Å². The number of halogens is 3. The molecular weight excluding hydrogens is 170 g/mol. The van der Waals surface area contributed by atoms with Crippen molar-refractivity contribution in [3.8, 4) is 0 Å². The van der Waals surface area contributed by atoms with Crippen molar-refractivity contribution in [2.45, 2.75) is 10.9 Å². The van der Waals surface area contributed by atoms with E-state index in [0.29, 0.717) is 0 Å². The third kappa shape index (κ3) is 2.26. The molecule has 0 bridgehead atoms. The minimum Gasteiger partial charge on any atom is -0.325 e.